The maximum atomic E-state index is 12.4. The van der Waals surface area contributed by atoms with Crippen LogP contribution in [0.3, 0.4) is 0 Å². The van der Waals surface area contributed by atoms with Crippen molar-refractivity contribution in [3.05, 3.63) is 52.3 Å². The third-order valence-corrected chi connectivity index (χ3v) is 5.48. The lowest BCUT2D eigenvalue weighted by atomic mass is 10.1. The summed E-state index contributed by atoms with van der Waals surface area (Å²) in [4.78, 5) is 40.0. The number of nitrogens with zero attached hydrogens (tertiary/aromatic N) is 4. The summed E-state index contributed by atoms with van der Waals surface area (Å²) >= 11 is 6.16. The van der Waals surface area contributed by atoms with Gasteiger partial charge in [0.1, 0.15) is 0 Å². The smallest absolute Gasteiger partial charge is 0.261 e. The summed E-state index contributed by atoms with van der Waals surface area (Å²) in [6.45, 7) is 3.47. The molecule has 0 saturated heterocycles. The van der Waals surface area contributed by atoms with Crippen LogP contribution in [0.2, 0.25) is 5.02 Å². The van der Waals surface area contributed by atoms with Crippen molar-refractivity contribution in [1.82, 2.24) is 19.6 Å². The Hall–Kier alpha value is -2.67. The standard InChI is InChI=1S/C21H25ClN4O3/c1-3-26-18(17(22)13-23-26)14-24(2)19(27)11-5-4-8-12-25-20(28)15-9-6-7-10-16(15)21(25)29/h6-7,9-10,13H,3-5,8,11-12,14H2,1-2H3. The molecule has 3 rings (SSSR count). The van der Waals surface area contributed by atoms with Crippen LogP contribution in [0.15, 0.2) is 30.5 Å². The van der Waals surface area contributed by atoms with Crippen LogP contribution in [-0.2, 0) is 17.9 Å². The van der Waals surface area contributed by atoms with E-state index in [1.54, 1.807) is 47.1 Å². The summed E-state index contributed by atoms with van der Waals surface area (Å²) < 4.78 is 1.79. The molecule has 0 aliphatic carbocycles. The first kappa shape index (κ1) is 21.0. The van der Waals surface area contributed by atoms with Crippen LogP contribution in [0.1, 0.15) is 59.0 Å². The molecule has 2 heterocycles. The van der Waals surface area contributed by atoms with Crippen LogP contribution >= 0.6 is 11.6 Å². The van der Waals surface area contributed by atoms with E-state index in [-0.39, 0.29) is 17.7 Å². The first-order valence-electron chi connectivity index (χ1n) is 9.83. The Balaban J connectivity index is 1.41. The van der Waals surface area contributed by atoms with E-state index in [4.69, 9.17) is 11.6 Å². The van der Waals surface area contributed by atoms with E-state index in [2.05, 4.69) is 5.10 Å². The van der Waals surface area contributed by atoms with Crippen LogP contribution in [0.4, 0.5) is 0 Å². The Bertz CT molecular complexity index is 889. The number of imide groups is 1. The van der Waals surface area contributed by atoms with E-state index in [0.717, 1.165) is 12.1 Å². The molecule has 1 aromatic carbocycles. The van der Waals surface area contributed by atoms with Gasteiger partial charge in [-0.3, -0.25) is 24.0 Å². The predicted molar refractivity (Wildman–Crippen MR) is 110 cm³/mol. The molecule has 0 unspecified atom stereocenters. The maximum Gasteiger partial charge on any atom is 0.261 e. The number of aryl methyl sites for hydroxylation is 1. The van der Waals surface area contributed by atoms with Crippen LogP contribution in [0, 0.1) is 0 Å². The van der Waals surface area contributed by atoms with Crippen molar-refractivity contribution in [2.24, 2.45) is 0 Å². The highest BCUT2D eigenvalue weighted by molar-refractivity contribution is 6.31. The topological polar surface area (TPSA) is 75.5 Å². The average Bonchev–Trinajstić information content (AvgIpc) is 3.19. The first-order valence-corrected chi connectivity index (χ1v) is 10.2. The predicted octanol–water partition coefficient (Wildman–Crippen LogP) is 3.37. The van der Waals surface area contributed by atoms with E-state index < -0.39 is 0 Å². The van der Waals surface area contributed by atoms with Crippen molar-refractivity contribution in [2.45, 2.75) is 45.7 Å². The lowest BCUT2D eigenvalue weighted by Gasteiger charge is -2.18. The average molecular weight is 417 g/mol. The number of carbonyl (C=O) groups excluding carboxylic acids is 3. The first-order chi connectivity index (χ1) is 13.9. The van der Waals surface area contributed by atoms with E-state index >= 15 is 0 Å². The van der Waals surface area contributed by atoms with Gasteiger partial charge in [0, 0.05) is 26.6 Å². The zero-order chi connectivity index (χ0) is 21.0. The van der Waals surface area contributed by atoms with Crippen molar-refractivity contribution in [3.63, 3.8) is 0 Å². The number of hydrogen-bond acceptors (Lipinski definition) is 4. The number of hydrogen-bond donors (Lipinski definition) is 0. The summed E-state index contributed by atoms with van der Waals surface area (Å²) in [5.74, 6) is -0.428. The van der Waals surface area contributed by atoms with Gasteiger partial charge in [0.15, 0.2) is 0 Å². The molecule has 0 spiro atoms. The molecule has 7 nitrogen and oxygen atoms in total. The number of amides is 3. The van der Waals surface area contributed by atoms with Gasteiger partial charge in [-0.2, -0.15) is 5.10 Å². The maximum absolute atomic E-state index is 12.4. The van der Waals surface area contributed by atoms with Gasteiger partial charge >= 0.3 is 0 Å². The number of unbranched alkanes of at least 4 members (excludes halogenated alkanes) is 2. The zero-order valence-corrected chi connectivity index (χ0v) is 17.5. The highest BCUT2D eigenvalue weighted by Crippen LogP contribution is 2.23. The highest BCUT2D eigenvalue weighted by Gasteiger charge is 2.34. The molecule has 0 N–H and O–H groups in total. The molecule has 0 radical (unpaired) electrons. The minimum atomic E-state index is -0.231. The third kappa shape index (κ3) is 4.50. The van der Waals surface area contributed by atoms with E-state index in [1.165, 1.54) is 4.90 Å². The van der Waals surface area contributed by atoms with Gasteiger partial charge in [0.25, 0.3) is 11.8 Å². The van der Waals surface area contributed by atoms with Crippen molar-refractivity contribution < 1.29 is 14.4 Å². The van der Waals surface area contributed by atoms with Crippen LogP contribution < -0.4 is 0 Å². The van der Waals surface area contributed by atoms with E-state index in [0.29, 0.717) is 55.0 Å². The molecule has 0 atom stereocenters. The molecule has 0 saturated carbocycles. The Labute approximate surface area is 175 Å². The monoisotopic (exact) mass is 416 g/mol. The second kappa shape index (κ2) is 9.22. The van der Waals surface area contributed by atoms with E-state index in [9.17, 15) is 14.4 Å². The molecule has 3 amide bonds. The normalized spacial score (nSPS) is 13.1. The molecule has 0 bridgehead atoms. The molecular weight excluding hydrogens is 392 g/mol. The summed E-state index contributed by atoms with van der Waals surface area (Å²) in [6.07, 6.45) is 4.15. The number of aromatic nitrogens is 2. The highest BCUT2D eigenvalue weighted by atomic mass is 35.5. The Morgan fingerprint density at radius 1 is 1.10 bits per heavy atom. The summed E-state index contributed by atoms with van der Waals surface area (Å²) in [5, 5.41) is 4.75. The molecule has 8 heteroatoms. The lowest BCUT2D eigenvalue weighted by molar-refractivity contribution is -0.130. The third-order valence-electron chi connectivity index (χ3n) is 5.16. The lowest BCUT2D eigenvalue weighted by Crippen LogP contribution is -2.30. The molecule has 0 fully saturated rings. The Kier molecular flexibility index (Phi) is 6.69. The SMILES string of the molecule is CCn1ncc(Cl)c1CN(C)C(=O)CCCCCN1C(=O)c2ccccc2C1=O. The van der Waals surface area contributed by atoms with Gasteiger partial charge in [-0.15, -0.1) is 0 Å². The fourth-order valence-corrected chi connectivity index (χ4v) is 3.69. The molecule has 154 valence electrons. The number of rotatable bonds is 9. The zero-order valence-electron chi connectivity index (χ0n) is 16.7. The number of carbonyl (C=O) groups is 3. The van der Waals surface area contributed by atoms with Gasteiger partial charge in [-0.1, -0.05) is 30.2 Å². The van der Waals surface area contributed by atoms with Crippen molar-refractivity contribution in [3.8, 4) is 0 Å². The summed E-state index contributed by atoms with van der Waals surface area (Å²) in [7, 11) is 1.75. The van der Waals surface area contributed by atoms with Gasteiger partial charge in [0.2, 0.25) is 5.91 Å². The van der Waals surface area contributed by atoms with Crippen LogP contribution in [0.5, 0.6) is 0 Å². The Morgan fingerprint density at radius 3 is 2.38 bits per heavy atom. The molecule has 1 aromatic heterocycles. The fourth-order valence-electron chi connectivity index (χ4n) is 3.49. The molecule has 1 aliphatic rings. The largest absolute Gasteiger partial charge is 0.340 e. The van der Waals surface area contributed by atoms with Crippen LogP contribution in [-0.4, -0.2) is 50.9 Å². The second-order valence-corrected chi connectivity index (χ2v) is 7.53. The Morgan fingerprint density at radius 2 is 1.76 bits per heavy atom. The summed E-state index contributed by atoms with van der Waals surface area (Å²) in [5.41, 5.74) is 1.77. The summed E-state index contributed by atoms with van der Waals surface area (Å²) in [6, 6.07) is 6.88. The van der Waals surface area contributed by atoms with Gasteiger partial charge in [0.05, 0.1) is 34.6 Å². The molecule has 2 aromatic rings. The molecule has 1 aliphatic heterocycles. The minimum absolute atomic E-state index is 0.0330. The number of benzene rings is 1. The van der Waals surface area contributed by atoms with Gasteiger partial charge < -0.3 is 4.90 Å². The quantitative estimate of drug-likeness (QED) is 0.464. The molecule has 29 heavy (non-hydrogen) atoms. The number of halogens is 1. The fraction of sp³-hybridized carbons (Fsp3) is 0.429. The number of fused-ring (bicyclic) bond motifs is 1. The minimum Gasteiger partial charge on any atom is -0.340 e. The molecular formula is C21H25ClN4O3. The van der Waals surface area contributed by atoms with Crippen LogP contribution in [0.25, 0.3) is 0 Å². The van der Waals surface area contributed by atoms with Gasteiger partial charge in [-0.05, 0) is 31.9 Å². The van der Waals surface area contributed by atoms with Gasteiger partial charge in [-0.25, -0.2) is 0 Å². The van der Waals surface area contributed by atoms with Crippen molar-refractivity contribution in [2.75, 3.05) is 13.6 Å². The van der Waals surface area contributed by atoms with Crippen molar-refractivity contribution in [1.29, 1.82) is 0 Å². The second-order valence-electron chi connectivity index (χ2n) is 7.12. The van der Waals surface area contributed by atoms with Crippen molar-refractivity contribution >= 4 is 29.3 Å². The van der Waals surface area contributed by atoms with E-state index in [1.807, 2.05) is 6.92 Å².